The molecule has 2 atom stereocenters. The van der Waals surface area contributed by atoms with Gasteiger partial charge in [0.05, 0.1) is 28.0 Å². The zero-order valence-corrected chi connectivity index (χ0v) is 16.7. The first kappa shape index (κ1) is 17.9. The van der Waals surface area contributed by atoms with Crippen molar-refractivity contribution in [3.8, 4) is 0 Å². The van der Waals surface area contributed by atoms with Crippen LogP contribution in [0.1, 0.15) is 16.8 Å². The summed E-state index contributed by atoms with van der Waals surface area (Å²) in [5.41, 5.74) is 4.05. The highest BCUT2D eigenvalue weighted by molar-refractivity contribution is 6.16. The summed E-state index contributed by atoms with van der Waals surface area (Å²) in [5, 5.41) is 7.84. The van der Waals surface area contributed by atoms with Crippen LogP contribution < -0.4 is 15.5 Å². The Morgan fingerprint density at radius 2 is 1.58 bits per heavy atom. The van der Waals surface area contributed by atoms with Crippen molar-refractivity contribution >= 4 is 45.0 Å². The predicted molar refractivity (Wildman–Crippen MR) is 121 cm³/mol. The van der Waals surface area contributed by atoms with Crippen LogP contribution in [0.4, 0.5) is 11.4 Å². The number of aromatic nitrogens is 1. The van der Waals surface area contributed by atoms with Gasteiger partial charge in [-0.2, -0.15) is 0 Å². The van der Waals surface area contributed by atoms with Crippen LogP contribution in [0.25, 0.3) is 21.8 Å². The minimum atomic E-state index is -0.272. The van der Waals surface area contributed by atoms with Crippen molar-refractivity contribution < 1.29 is 9.59 Å². The fourth-order valence-electron chi connectivity index (χ4n) is 4.84. The number of nitrogens with zero attached hydrogens (tertiary/aromatic N) is 2. The van der Waals surface area contributed by atoms with Gasteiger partial charge in [-0.05, 0) is 30.7 Å². The third-order valence-electron chi connectivity index (χ3n) is 6.23. The van der Waals surface area contributed by atoms with E-state index < -0.39 is 0 Å². The van der Waals surface area contributed by atoms with E-state index in [1.165, 1.54) is 0 Å². The van der Waals surface area contributed by atoms with Gasteiger partial charge in [0.15, 0.2) is 0 Å². The molecule has 3 aromatic carbocycles. The summed E-state index contributed by atoms with van der Waals surface area (Å²) in [6.45, 7) is 0.599. The molecule has 0 radical (unpaired) electrons. The summed E-state index contributed by atoms with van der Waals surface area (Å²) in [5.74, 6) is -0.149. The molecule has 1 fully saturated rings. The Labute approximate surface area is 178 Å². The van der Waals surface area contributed by atoms with Gasteiger partial charge in [-0.25, -0.2) is 4.98 Å². The van der Waals surface area contributed by atoms with Crippen LogP contribution in [0.5, 0.6) is 0 Å². The van der Waals surface area contributed by atoms with Crippen LogP contribution in [0.3, 0.4) is 0 Å². The average molecular weight is 408 g/mol. The minimum absolute atomic E-state index is 0.0183. The molecular weight excluding hydrogens is 388 g/mol. The Hall–Kier alpha value is -3.93. The summed E-state index contributed by atoms with van der Waals surface area (Å²) in [7, 11) is 0. The van der Waals surface area contributed by atoms with E-state index >= 15 is 0 Å². The molecule has 3 heterocycles. The lowest BCUT2D eigenvalue weighted by Gasteiger charge is -2.32. The molecule has 6 nitrogen and oxygen atoms in total. The summed E-state index contributed by atoms with van der Waals surface area (Å²) < 4.78 is 0. The molecule has 1 aromatic heterocycles. The highest BCUT2D eigenvalue weighted by Gasteiger charge is 2.41. The summed E-state index contributed by atoms with van der Waals surface area (Å²) in [4.78, 5) is 32.9. The zero-order chi connectivity index (χ0) is 20.9. The number of para-hydroxylation sites is 4. The fraction of sp³-hybridized carbons (Fsp3) is 0.160. The molecule has 2 aliphatic heterocycles. The molecule has 2 amide bonds. The molecule has 0 saturated carbocycles. The van der Waals surface area contributed by atoms with E-state index in [4.69, 9.17) is 4.98 Å². The van der Waals surface area contributed by atoms with Crippen LogP contribution in [-0.4, -0.2) is 35.4 Å². The van der Waals surface area contributed by atoms with Gasteiger partial charge >= 0.3 is 0 Å². The Bertz CT molecular complexity index is 1310. The van der Waals surface area contributed by atoms with Crippen LogP contribution >= 0.6 is 0 Å². The zero-order valence-electron chi connectivity index (χ0n) is 16.7. The first-order valence-electron chi connectivity index (χ1n) is 10.4. The van der Waals surface area contributed by atoms with Crippen molar-refractivity contribution in [1.82, 2.24) is 10.3 Å². The van der Waals surface area contributed by atoms with Crippen molar-refractivity contribution in [3.63, 3.8) is 0 Å². The summed E-state index contributed by atoms with van der Waals surface area (Å²) >= 11 is 0. The number of amides is 2. The van der Waals surface area contributed by atoms with Gasteiger partial charge in [-0.1, -0.05) is 48.5 Å². The quantitative estimate of drug-likeness (QED) is 0.496. The van der Waals surface area contributed by atoms with Gasteiger partial charge in [-0.3, -0.25) is 9.59 Å². The number of hydrogen-bond donors (Lipinski definition) is 2. The molecule has 0 aliphatic carbocycles. The Morgan fingerprint density at radius 1 is 0.935 bits per heavy atom. The van der Waals surface area contributed by atoms with Gasteiger partial charge < -0.3 is 15.5 Å². The Kier molecular flexibility index (Phi) is 3.93. The molecule has 0 bridgehead atoms. The molecule has 4 aromatic rings. The molecular formula is C25H20N4O2. The van der Waals surface area contributed by atoms with Gasteiger partial charge in [0.1, 0.15) is 6.04 Å². The molecule has 6 heteroatoms. The maximum atomic E-state index is 13.5. The normalized spacial score (nSPS) is 19.7. The highest BCUT2D eigenvalue weighted by Crippen LogP contribution is 2.36. The van der Waals surface area contributed by atoms with E-state index in [9.17, 15) is 9.59 Å². The van der Waals surface area contributed by atoms with Gasteiger partial charge in [-0.15, -0.1) is 0 Å². The van der Waals surface area contributed by atoms with Crippen LogP contribution in [0.2, 0.25) is 0 Å². The number of carbonyl (C=O) groups is 2. The standard InChI is InChI=1S/C25H20N4O2/c30-24-22-13-15(14-29(22)21-12-6-5-11-20(21)28-24)26-25(31)23-16-7-1-3-9-18(16)27-19-10-4-2-8-17(19)23/h1-12,15,22H,13-14H2,(H,26,31)(H,28,30). The van der Waals surface area contributed by atoms with Crippen molar-refractivity contribution in [2.75, 3.05) is 16.8 Å². The number of anilines is 2. The molecule has 2 N–H and O–H groups in total. The van der Waals surface area contributed by atoms with Crippen LogP contribution in [0.15, 0.2) is 72.8 Å². The first-order chi connectivity index (χ1) is 15.2. The molecule has 6 rings (SSSR count). The SMILES string of the molecule is O=C(NC1CC2C(=O)Nc3ccccc3N2C1)c1c2ccccc2nc2ccccc12. The number of pyridine rings is 1. The highest BCUT2D eigenvalue weighted by atomic mass is 16.2. The third-order valence-corrected chi connectivity index (χ3v) is 6.23. The van der Waals surface area contributed by atoms with E-state index in [1.54, 1.807) is 0 Å². The Balaban J connectivity index is 1.36. The number of carbonyl (C=O) groups excluding carboxylic acids is 2. The maximum absolute atomic E-state index is 13.5. The molecule has 152 valence electrons. The topological polar surface area (TPSA) is 74.3 Å². The molecule has 0 spiro atoms. The summed E-state index contributed by atoms with van der Waals surface area (Å²) in [6, 6.07) is 22.8. The monoisotopic (exact) mass is 408 g/mol. The molecule has 2 aliphatic rings. The smallest absolute Gasteiger partial charge is 0.252 e. The lowest BCUT2D eigenvalue weighted by molar-refractivity contribution is -0.117. The molecule has 1 saturated heterocycles. The number of hydrogen-bond acceptors (Lipinski definition) is 4. The number of fused-ring (bicyclic) bond motifs is 5. The van der Waals surface area contributed by atoms with Crippen molar-refractivity contribution in [3.05, 3.63) is 78.4 Å². The molecule has 31 heavy (non-hydrogen) atoms. The van der Waals surface area contributed by atoms with Crippen molar-refractivity contribution in [1.29, 1.82) is 0 Å². The van der Waals surface area contributed by atoms with Gasteiger partial charge in [0.25, 0.3) is 5.91 Å². The summed E-state index contributed by atoms with van der Waals surface area (Å²) in [6.07, 6.45) is 0.576. The number of rotatable bonds is 2. The number of nitrogens with one attached hydrogen (secondary N) is 2. The predicted octanol–water partition coefficient (Wildman–Crippen LogP) is 3.72. The van der Waals surface area contributed by atoms with Gasteiger partial charge in [0.2, 0.25) is 5.91 Å². The Morgan fingerprint density at radius 3 is 2.32 bits per heavy atom. The maximum Gasteiger partial charge on any atom is 0.252 e. The van der Waals surface area contributed by atoms with E-state index in [0.717, 1.165) is 33.2 Å². The average Bonchev–Trinajstić information content (AvgIpc) is 3.22. The van der Waals surface area contributed by atoms with E-state index in [2.05, 4.69) is 15.5 Å². The second kappa shape index (κ2) is 6.80. The van der Waals surface area contributed by atoms with Crippen molar-refractivity contribution in [2.45, 2.75) is 18.5 Å². The third kappa shape index (κ3) is 2.83. The van der Waals surface area contributed by atoms with Crippen LogP contribution in [0, 0.1) is 0 Å². The second-order valence-corrected chi connectivity index (χ2v) is 8.10. The van der Waals surface area contributed by atoms with Gasteiger partial charge in [0, 0.05) is 23.4 Å². The van der Waals surface area contributed by atoms with E-state index in [-0.39, 0.29) is 23.9 Å². The first-order valence-corrected chi connectivity index (χ1v) is 10.4. The van der Waals surface area contributed by atoms with Crippen molar-refractivity contribution in [2.24, 2.45) is 0 Å². The lowest BCUT2D eigenvalue weighted by Crippen LogP contribution is -2.44. The fourth-order valence-corrected chi connectivity index (χ4v) is 4.84. The minimum Gasteiger partial charge on any atom is -0.356 e. The molecule has 2 unspecified atom stereocenters. The van der Waals surface area contributed by atoms with Crippen LogP contribution in [-0.2, 0) is 4.79 Å². The number of benzene rings is 3. The lowest BCUT2D eigenvalue weighted by atomic mass is 10.0. The largest absolute Gasteiger partial charge is 0.356 e. The second-order valence-electron chi connectivity index (χ2n) is 8.10. The van der Waals surface area contributed by atoms with E-state index in [0.29, 0.717) is 18.5 Å². The van der Waals surface area contributed by atoms with E-state index in [1.807, 2.05) is 72.8 Å².